The molecule has 0 aliphatic rings. The summed E-state index contributed by atoms with van der Waals surface area (Å²) < 4.78 is 0. The third-order valence-corrected chi connectivity index (χ3v) is 2.13. The highest BCUT2D eigenvalue weighted by molar-refractivity contribution is 8.02. The van der Waals surface area contributed by atoms with Gasteiger partial charge >= 0.3 is 5.96 Å². The smallest absolute Gasteiger partial charge is 0.289 e. The number of hydrazone groups is 1. The average Bonchev–Trinajstić information content (AvgIpc) is 2.18. The van der Waals surface area contributed by atoms with Gasteiger partial charge in [-0.25, -0.2) is 0 Å². The van der Waals surface area contributed by atoms with Crippen LogP contribution < -0.4 is 22.0 Å². The van der Waals surface area contributed by atoms with Crippen LogP contribution in [-0.4, -0.2) is 5.96 Å². The molecule has 0 saturated carbocycles. The molecule has 0 atom stereocenters. The Labute approximate surface area is 87.1 Å². The van der Waals surface area contributed by atoms with Gasteiger partial charge in [-0.05, 0) is 17.5 Å². The number of hydrazine groups is 1. The van der Waals surface area contributed by atoms with Crippen LogP contribution >= 0.6 is 11.8 Å². The molecule has 0 bridgehead atoms. The van der Waals surface area contributed by atoms with E-state index in [4.69, 9.17) is 11.5 Å². The van der Waals surface area contributed by atoms with Crippen LogP contribution in [0, 0.1) is 0 Å². The fourth-order valence-corrected chi connectivity index (χ4v) is 1.38. The number of hydrogen-bond donors (Lipinski definition) is 4. The molecule has 4 nitrogen and oxygen atoms in total. The first-order valence-corrected chi connectivity index (χ1v) is 4.93. The molecule has 1 aromatic rings. The minimum atomic E-state index is 0.138. The summed E-state index contributed by atoms with van der Waals surface area (Å²) in [5.74, 6) is 0.138. The van der Waals surface area contributed by atoms with E-state index in [0.29, 0.717) is 0 Å². The highest BCUT2D eigenvalue weighted by atomic mass is 32.2. The monoisotopic (exact) mass is 209 g/mol. The van der Waals surface area contributed by atoms with Gasteiger partial charge in [-0.15, -0.1) is 0 Å². The second-order valence-corrected chi connectivity index (χ2v) is 3.44. The van der Waals surface area contributed by atoms with Crippen molar-refractivity contribution in [1.82, 2.24) is 5.43 Å². The van der Waals surface area contributed by atoms with Crippen molar-refractivity contribution in [1.29, 1.82) is 0 Å². The van der Waals surface area contributed by atoms with Gasteiger partial charge in [-0.1, -0.05) is 30.0 Å². The second-order valence-electron chi connectivity index (χ2n) is 2.46. The van der Waals surface area contributed by atoms with E-state index in [2.05, 4.69) is 10.5 Å². The van der Waals surface area contributed by atoms with Crippen molar-refractivity contribution in [2.75, 3.05) is 0 Å². The van der Waals surface area contributed by atoms with E-state index in [1.54, 1.807) is 18.0 Å². The number of rotatable bonds is 4. The molecule has 5 heteroatoms. The maximum absolute atomic E-state index is 5.17. The van der Waals surface area contributed by atoms with E-state index in [0.717, 1.165) is 0 Å². The Kier molecular flexibility index (Phi) is 4.43. The van der Waals surface area contributed by atoms with Gasteiger partial charge in [-0.2, -0.15) is 5.10 Å². The summed E-state index contributed by atoms with van der Waals surface area (Å²) in [6.45, 7) is 0. The number of nitrogens with one attached hydrogen (secondary N) is 2. The number of nitrogens with two attached hydrogens (primary N) is 2. The van der Waals surface area contributed by atoms with Crippen molar-refractivity contribution in [3.63, 3.8) is 0 Å². The quantitative estimate of drug-likeness (QED) is 0.224. The lowest BCUT2D eigenvalue weighted by molar-refractivity contribution is -0.515. The number of benzene rings is 1. The molecule has 0 fully saturated rings. The SMILES string of the molecule is NC(N)=[NH+]NC=CSc1ccccc1. The number of thioether (sulfide) groups is 1. The third kappa shape index (κ3) is 4.42. The number of hydrogen-bond acceptors (Lipinski definition) is 2. The Morgan fingerprint density at radius 2 is 2.00 bits per heavy atom. The molecule has 0 spiro atoms. The summed E-state index contributed by atoms with van der Waals surface area (Å²) in [7, 11) is 0. The molecule has 0 amide bonds. The van der Waals surface area contributed by atoms with E-state index < -0.39 is 0 Å². The molecule has 0 aliphatic heterocycles. The Hall–Kier alpha value is -1.62. The normalized spacial score (nSPS) is 10.0. The molecule has 0 aromatic heterocycles. The van der Waals surface area contributed by atoms with Crippen molar-refractivity contribution >= 4 is 17.7 Å². The lowest BCUT2D eigenvalue weighted by Gasteiger charge is -1.93. The summed E-state index contributed by atoms with van der Waals surface area (Å²) >= 11 is 1.60. The van der Waals surface area contributed by atoms with Gasteiger partial charge in [0.1, 0.15) is 0 Å². The molecule has 1 rings (SSSR count). The highest BCUT2D eigenvalue weighted by Gasteiger charge is 1.85. The van der Waals surface area contributed by atoms with Crippen LogP contribution in [0.3, 0.4) is 0 Å². The molecule has 0 saturated heterocycles. The summed E-state index contributed by atoms with van der Waals surface area (Å²) in [4.78, 5) is 1.18. The predicted octanol–water partition coefficient (Wildman–Crippen LogP) is -0.891. The highest BCUT2D eigenvalue weighted by Crippen LogP contribution is 2.16. The van der Waals surface area contributed by atoms with Gasteiger partial charge in [0.05, 0.1) is 0 Å². The van der Waals surface area contributed by atoms with Gasteiger partial charge in [0.25, 0.3) is 0 Å². The first-order valence-electron chi connectivity index (χ1n) is 4.05. The van der Waals surface area contributed by atoms with Crippen molar-refractivity contribution in [2.24, 2.45) is 11.5 Å². The van der Waals surface area contributed by atoms with Crippen LogP contribution in [0.2, 0.25) is 0 Å². The summed E-state index contributed by atoms with van der Waals surface area (Å²) in [5.41, 5.74) is 13.0. The first-order chi connectivity index (χ1) is 6.79. The van der Waals surface area contributed by atoms with Gasteiger partial charge in [0, 0.05) is 11.1 Å². The van der Waals surface area contributed by atoms with Crippen molar-refractivity contribution in [3.8, 4) is 0 Å². The van der Waals surface area contributed by atoms with E-state index >= 15 is 0 Å². The molecule has 14 heavy (non-hydrogen) atoms. The molecule has 74 valence electrons. The molecule has 1 aromatic carbocycles. The van der Waals surface area contributed by atoms with Crippen LogP contribution in [0.25, 0.3) is 0 Å². The van der Waals surface area contributed by atoms with Gasteiger partial charge < -0.3 is 0 Å². The predicted molar refractivity (Wildman–Crippen MR) is 58.9 cm³/mol. The van der Waals surface area contributed by atoms with Gasteiger partial charge in [0.2, 0.25) is 0 Å². The largest absolute Gasteiger partial charge is 0.360 e. The standard InChI is InChI=1S/C9H12N4S/c10-9(11)13-12-6-7-14-8-4-2-1-3-5-8/h1-7,12H,(H4,10,11,13)/p+1. The summed E-state index contributed by atoms with van der Waals surface area (Å²) in [6, 6.07) is 10.0. The zero-order valence-electron chi connectivity index (χ0n) is 7.60. The van der Waals surface area contributed by atoms with Crippen molar-refractivity contribution < 1.29 is 5.10 Å². The number of guanidine groups is 1. The fraction of sp³-hybridized carbons (Fsp3) is 0. The third-order valence-electron chi connectivity index (χ3n) is 1.32. The van der Waals surface area contributed by atoms with Crippen molar-refractivity contribution in [2.45, 2.75) is 4.90 Å². The second kappa shape index (κ2) is 5.93. The Balaban J connectivity index is 2.31. The Morgan fingerprint density at radius 3 is 2.64 bits per heavy atom. The zero-order chi connectivity index (χ0) is 10.2. The molecular weight excluding hydrogens is 196 g/mol. The lowest BCUT2D eigenvalue weighted by Crippen LogP contribution is -2.85. The van der Waals surface area contributed by atoms with Crippen LogP contribution in [0.15, 0.2) is 46.8 Å². The van der Waals surface area contributed by atoms with Crippen LogP contribution in [0.4, 0.5) is 0 Å². The molecule has 6 N–H and O–H groups in total. The van der Waals surface area contributed by atoms with Crippen molar-refractivity contribution in [3.05, 3.63) is 41.9 Å². The Bertz CT molecular complexity index is 317. The van der Waals surface area contributed by atoms with E-state index in [-0.39, 0.29) is 5.96 Å². The van der Waals surface area contributed by atoms with E-state index in [9.17, 15) is 0 Å². The topological polar surface area (TPSA) is 78.0 Å². The zero-order valence-corrected chi connectivity index (χ0v) is 8.42. The van der Waals surface area contributed by atoms with E-state index in [1.165, 1.54) is 4.90 Å². The lowest BCUT2D eigenvalue weighted by atomic mass is 10.4. The van der Waals surface area contributed by atoms with Crippen LogP contribution in [0.5, 0.6) is 0 Å². The van der Waals surface area contributed by atoms with Gasteiger partial charge in [-0.3, -0.25) is 16.9 Å². The van der Waals surface area contributed by atoms with E-state index in [1.807, 2.05) is 35.7 Å². The van der Waals surface area contributed by atoms with Crippen LogP contribution in [-0.2, 0) is 0 Å². The fourth-order valence-electron chi connectivity index (χ4n) is 0.771. The molecule has 0 aliphatic carbocycles. The van der Waals surface area contributed by atoms with Gasteiger partial charge in [0.15, 0.2) is 0 Å². The summed E-state index contributed by atoms with van der Waals surface area (Å²) in [6.07, 6.45) is 1.72. The molecular formula is C9H13N4S+. The maximum atomic E-state index is 5.17. The molecule has 0 heterocycles. The summed E-state index contributed by atoms with van der Waals surface area (Å²) in [5, 5.41) is 4.45. The molecule has 0 radical (unpaired) electrons. The average molecular weight is 209 g/mol. The minimum Gasteiger partial charge on any atom is -0.289 e. The Morgan fingerprint density at radius 1 is 1.29 bits per heavy atom. The van der Waals surface area contributed by atoms with Crippen LogP contribution in [0.1, 0.15) is 0 Å². The molecule has 0 unspecified atom stereocenters. The maximum Gasteiger partial charge on any atom is 0.360 e. The first kappa shape index (κ1) is 10.5. The minimum absolute atomic E-state index is 0.138.